The van der Waals surface area contributed by atoms with Crippen molar-refractivity contribution in [2.24, 2.45) is 0 Å². The van der Waals surface area contributed by atoms with Crippen molar-refractivity contribution >= 4 is 11.9 Å². The molecule has 1 fully saturated rings. The molecule has 2 aromatic carbocycles. The van der Waals surface area contributed by atoms with Crippen molar-refractivity contribution in [3.63, 3.8) is 0 Å². The van der Waals surface area contributed by atoms with Crippen LogP contribution in [0.15, 0.2) is 48.5 Å². The van der Waals surface area contributed by atoms with E-state index in [9.17, 15) is 9.59 Å². The maximum Gasteiger partial charge on any atom is 0.325 e. The Hall–Kier alpha value is -3.02. The van der Waals surface area contributed by atoms with E-state index in [2.05, 4.69) is 5.32 Å². The highest BCUT2D eigenvalue weighted by Gasteiger charge is 2.51. The number of amides is 3. The fraction of sp³-hybridized carbons (Fsp3) is 0.333. The Kier molecular flexibility index (Phi) is 5.08. The number of hydrogen-bond acceptors (Lipinski definition) is 4. The molecule has 3 amide bonds. The maximum absolute atomic E-state index is 13.3. The Balaban J connectivity index is 1.99. The van der Waals surface area contributed by atoms with Crippen LogP contribution in [0.5, 0.6) is 11.5 Å². The third-order valence-electron chi connectivity index (χ3n) is 5.06. The van der Waals surface area contributed by atoms with E-state index < -0.39 is 17.6 Å². The van der Waals surface area contributed by atoms with Gasteiger partial charge in [-0.15, -0.1) is 0 Å². The molecule has 1 aliphatic rings. The van der Waals surface area contributed by atoms with E-state index in [1.807, 2.05) is 49.4 Å². The summed E-state index contributed by atoms with van der Waals surface area (Å²) in [5, 5.41) is 2.86. The van der Waals surface area contributed by atoms with E-state index in [0.717, 1.165) is 11.1 Å². The lowest BCUT2D eigenvalue weighted by Gasteiger charge is -2.27. The summed E-state index contributed by atoms with van der Waals surface area (Å²) >= 11 is 0. The fourth-order valence-electron chi connectivity index (χ4n) is 3.54. The molecule has 0 aliphatic carbocycles. The number of urea groups is 1. The molecule has 1 heterocycles. The second-order valence-corrected chi connectivity index (χ2v) is 6.63. The minimum atomic E-state index is -1.08. The average Bonchev–Trinajstić information content (AvgIpc) is 2.93. The summed E-state index contributed by atoms with van der Waals surface area (Å²) in [4.78, 5) is 27.4. The second-order valence-electron chi connectivity index (χ2n) is 6.63. The zero-order chi connectivity index (χ0) is 19.6. The molecule has 0 radical (unpaired) electrons. The molecule has 0 saturated carbocycles. The first-order valence-electron chi connectivity index (χ1n) is 8.89. The largest absolute Gasteiger partial charge is 0.493 e. The van der Waals surface area contributed by atoms with Crippen molar-refractivity contribution in [2.75, 3.05) is 14.2 Å². The summed E-state index contributed by atoms with van der Waals surface area (Å²) in [7, 11) is 3.13. The van der Waals surface area contributed by atoms with Gasteiger partial charge in [-0.25, -0.2) is 4.79 Å². The van der Waals surface area contributed by atoms with Gasteiger partial charge in [-0.3, -0.25) is 9.69 Å². The SMILES string of the molecule is CCC(c1ccc(OC)c(OC)c1)N1C(=O)NC(C)(c2ccccc2)C1=O. The first-order valence-corrected chi connectivity index (χ1v) is 8.89. The van der Waals surface area contributed by atoms with Crippen molar-refractivity contribution in [1.29, 1.82) is 0 Å². The molecule has 0 spiro atoms. The summed E-state index contributed by atoms with van der Waals surface area (Å²) in [5.74, 6) is 0.897. The molecular formula is C21H24N2O4. The van der Waals surface area contributed by atoms with Gasteiger partial charge in [0.25, 0.3) is 5.91 Å². The lowest BCUT2D eigenvalue weighted by atomic mass is 9.91. The highest BCUT2D eigenvalue weighted by atomic mass is 16.5. The number of hydrogen-bond donors (Lipinski definition) is 1. The van der Waals surface area contributed by atoms with Gasteiger partial charge < -0.3 is 14.8 Å². The Morgan fingerprint density at radius 1 is 1.04 bits per heavy atom. The molecule has 6 heteroatoms. The van der Waals surface area contributed by atoms with Crippen LogP contribution in [-0.2, 0) is 10.3 Å². The number of ether oxygens (including phenoxy) is 2. The van der Waals surface area contributed by atoms with Crippen LogP contribution in [0.4, 0.5) is 4.79 Å². The Morgan fingerprint density at radius 2 is 1.70 bits per heavy atom. The summed E-state index contributed by atoms with van der Waals surface area (Å²) in [5.41, 5.74) is 0.492. The van der Waals surface area contributed by atoms with E-state index in [0.29, 0.717) is 17.9 Å². The fourth-order valence-corrected chi connectivity index (χ4v) is 3.54. The van der Waals surface area contributed by atoms with Gasteiger partial charge in [0, 0.05) is 0 Å². The Morgan fingerprint density at radius 3 is 2.30 bits per heavy atom. The number of nitrogens with zero attached hydrogens (tertiary/aromatic N) is 1. The molecule has 2 unspecified atom stereocenters. The van der Waals surface area contributed by atoms with Crippen LogP contribution in [0.2, 0.25) is 0 Å². The number of benzene rings is 2. The number of methoxy groups -OCH3 is 2. The normalized spacial score (nSPS) is 20.4. The van der Waals surface area contributed by atoms with Crippen molar-refractivity contribution in [3.8, 4) is 11.5 Å². The summed E-state index contributed by atoms with van der Waals surface area (Å²) in [6, 6.07) is 13.9. The van der Waals surface area contributed by atoms with Gasteiger partial charge in [0.1, 0.15) is 5.54 Å². The van der Waals surface area contributed by atoms with Crippen molar-refractivity contribution in [1.82, 2.24) is 10.2 Å². The monoisotopic (exact) mass is 368 g/mol. The first kappa shape index (κ1) is 18.8. The molecule has 3 rings (SSSR count). The van der Waals surface area contributed by atoms with Gasteiger partial charge in [-0.2, -0.15) is 0 Å². The van der Waals surface area contributed by atoms with E-state index in [1.165, 1.54) is 4.90 Å². The van der Waals surface area contributed by atoms with Crippen LogP contribution in [0.25, 0.3) is 0 Å². The predicted octanol–water partition coefficient (Wildman–Crippen LogP) is 3.62. The average molecular weight is 368 g/mol. The van der Waals surface area contributed by atoms with Crippen molar-refractivity contribution in [3.05, 3.63) is 59.7 Å². The molecule has 0 bridgehead atoms. The summed E-state index contributed by atoms with van der Waals surface area (Å²) < 4.78 is 10.6. The minimum Gasteiger partial charge on any atom is -0.493 e. The zero-order valence-electron chi connectivity index (χ0n) is 16.0. The number of rotatable bonds is 6. The van der Waals surface area contributed by atoms with E-state index in [1.54, 1.807) is 27.2 Å². The topological polar surface area (TPSA) is 67.9 Å². The van der Waals surface area contributed by atoms with E-state index in [-0.39, 0.29) is 5.91 Å². The van der Waals surface area contributed by atoms with Gasteiger partial charge in [0.2, 0.25) is 0 Å². The third kappa shape index (κ3) is 3.12. The molecule has 0 aromatic heterocycles. The lowest BCUT2D eigenvalue weighted by molar-refractivity contribution is -0.132. The summed E-state index contributed by atoms with van der Waals surface area (Å²) in [6.07, 6.45) is 0.583. The highest BCUT2D eigenvalue weighted by molar-refractivity contribution is 6.07. The van der Waals surface area contributed by atoms with Gasteiger partial charge in [-0.1, -0.05) is 43.3 Å². The van der Waals surface area contributed by atoms with Crippen LogP contribution >= 0.6 is 0 Å². The number of carbonyl (C=O) groups excluding carboxylic acids is 2. The second kappa shape index (κ2) is 7.31. The summed E-state index contributed by atoms with van der Waals surface area (Å²) in [6.45, 7) is 3.68. The Labute approximate surface area is 159 Å². The molecule has 1 aliphatic heterocycles. The smallest absolute Gasteiger partial charge is 0.325 e. The molecule has 2 aromatic rings. The lowest BCUT2D eigenvalue weighted by Crippen LogP contribution is -2.41. The standard InChI is InChI=1S/C21H24N2O4/c1-5-16(14-11-12-17(26-3)18(13-14)27-4)23-19(24)21(2,22-20(23)25)15-9-7-6-8-10-15/h6-13,16H,5H2,1-4H3,(H,22,25). The van der Waals surface area contributed by atoms with Crippen LogP contribution in [0.1, 0.15) is 37.4 Å². The van der Waals surface area contributed by atoms with Crippen LogP contribution in [-0.4, -0.2) is 31.1 Å². The predicted molar refractivity (Wildman–Crippen MR) is 102 cm³/mol. The number of imide groups is 1. The first-order chi connectivity index (χ1) is 13.0. The van der Waals surface area contributed by atoms with Crippen molar-refractivity contribution in [2.45, 2.75) is 31.8 Å². The van der Waals surface area contributed by atoms with Gasteiger partial charge in [-0.05, 0) is 36.6 Å². The quantitative estimate of drug-likeness (QED) is 0.791. The number of carbonyl (C=O) groups is 2. The molecular weight excluding hydrogens is 344 g/mol. The molecule has 6 nitrogen and oxygen atoms in total. The molecule has 2 atom stereocenters. The molecule has 1 saturated heterocycles. The van der Waals surface area contributed by atoms with Crippen LogP contribution < -0.4 is 14.8 Å². The van der Waals surface area contributed by atoms with Gasteiger partial charge in [0.05, 0.1) is 20.3 Å². The minimum absolute atomic E-state index is 0.264. The van der Waals surface area contributed by atoms with E-state index >= 15 is 0 Å². The van der Waals surface area contributed by atoms with Gasteiger partial charge in [0.15, 0.2) is 11.5 Å². The van der Waals surface area contributed by atoms with Crippen LogP contribution in [0, 0.1) is 0 Å². The highest BCUT2D eigenvalue weighted by Crippen LogP contribution is 2.38. The van der Waals surface area contributed by atoms with E-state index in [4.69, 9.17) is 9.47 Å². The molecule has 1 N–H and O–H groups in total. The maximum atomic E-state index is 13.3. The van der Waals surface area contributed by atoms with Gasteiger partial charge >= 0.3 is 6.03 Å². The molecule has 142 valence electrons. The Bertz CT molecular complexity index is 853. The third-order valence-corrected chi connectivity index (χ3v) is 5.06. The van der Waals surface area contributed by atoms with Crippen LogP contribution in [0.3, 0.4) is 0 Å². The number of nitrogens with one attached hydrogen (secondary N) is 1. The zero-order valence-corrected chi connectivity index (χ0v) is 16.0. The molecule has 27 heavy (non-hydrogen) atoms. The van der Waals surface area contributed by atoms with Crippen molar-refractivity contribution < 1.29 is 19.1 Å².